The van der Waals surface area contributed by atoms with E-state index in [-0.39, 0.29) is 11.4 Å². The van der Waals surface area contributed by atoms with Crippen molar-refractivity contribution in [3.63, 3.8) is 0 Å². The highest BCUT2D eigenvalue weighted by molar-refractivity contribution is 5.47. The van der Waals surface area contributed by atoms with Gasteiger partial charge in [-0.3, -0.25) is 0 Å². The molecule has 0 aliphatic carbocycles. The van der Waals surface area contributed by atoms with Crippen molar-refractivity contribution in [1.82, 2.24) is 0 Å². The molecule has 0 spiro atoms. The van der Waals surface area contributed by atoms with Gasteiger partial charge in [-0.15, -0.1) is 13.2 Å². The second-order valence-corrected chi connectivity index (χ2v) is 2.57. The van der Waals surface area contributed by atoms with Gasteiger partial charge in [-0.25, -0.2) is 0 Å². The number of rotatable bonds is 1. The molecule has 0 heterocycles. The number of ether oxygens (including phenoxy) is 1. The second-order valence-electron chi connectivity index (χ2n) is 2.57. The lowest BCUT2D eigenvalue weighted by Gasteiger charge is -2.11. The van der Waals surface area contributed by atoms with Crippen LogP contribution in [0.2, 0.25) is 0 Å². The van der Waals surface area contributed by atoms with Crippen LogP contribution in [0.3, 0.4) is 0 Å². The minimum Gasteiger partial charge on any atom is -0.405 e. The highest BCUT2D eigenvalue weighted by Gasteiger charge is 2.31. The molecule has 1 aromatic carbocycles. The lowest BCUT2D eigenvalue weighted by molar-refractivity contribution is -0.274. The molecule has 0 saturated heterocycles. The molecule has 0 aliphatic rings. The molecule has 2 N–H and O–H groups in total. The molecule has 0 radical (unpaired) electrons. The van der Waals surface area contributed by atoms with Crippen LogP contribution in [0.5, 0.6) is 5.75 Å². The molecular formula is C8H8F3NO. The molecule has 0 saturated carbocycles. The van der Waals surface area contributed by atoms with Crippen molar-refractivity contribution in [1.29, 1.82) is 0 Å². The molecule has 5 heteroatoms. The third-order valence-electron chi connectivity index (χ3n) is 1.44. The summed E-state index contributed by atoms with van der Waals surface area (Å²) in [6.07, 6.45) is -4.67. The molecule has 72 valence electrons. The smallest absolute Gasteiger partial charge is 0.405 e. The Kier molecular flexibility index (Phi) is 2.36. The summed E-state index contributed by atoms with van der Waals surface area (Å²) < 4.78 is 39.1. The quantitative estimate of drug-likeness (QED) is 0.692. The number of alkyl halides is 3. The normalized spacial score (nSPS) is 11.4. The highest BCUT2D eigenvalue weighted by atomic mass is 19.4. The summed E-state index contributed by atoms with van der Waals surface area (Å²) in [4.78, 5) is 0. The van der Waals surface area contributed by atoms with Crippen LogP contribution in [-0.2, 0) is 0 Å². The third-order valence-corrected chi connectivity index (χ3v) is 1.44. The first kappa shape index (κ1) is 9.70. The van der Waals surface area contributed by atoms with Crippen molar-refractivity contribution in [2.75, 3.05) is 5.73 Å². The fourth-order valence-electron chi connectivity index (χ4n) is 0.851. The minimum absolute atomic E-state index is 0.241. The van der Waals surface area contributed by atoms with Gasteiger partial charge in [0.15, 0.2) is 0 Å². The van der Waals surface area contributed by atoms with Crippen molar-refractivity contribution in [3.05, 3.63) is 23.8 Å². The maximum absolute atomic E-state index is 11.8. The summed E-state index contributed by atoms with van der Waals surface area (Å²) in [6, 6.07) is 4.12. The molecule has 2 nitrogen and oxygen atoms in total. The van der Waals surface area contributed by atoms with E-state index in [1.54, 1.807) is 0 Å². The first-order valence-corrected chi connectivity index (χ1v) is 3.50. The zero-order valence-corrected chi connectivity index (χ0v) is 6.85. The van der Waals surface area contributed by atoms with Gasteiger partial charge in [-0.05, 0) is 18.6 Å². The maximum atomic E-state index is 11.8. The number of halogens is 3. The topological polar surface area (TPSA) is 35.2 Å². The van der Waals surface area contributed by atoms with Crippen molar-refractivity contribution >= 4 is 5.69 Å². The van der Waals surface area contributed by atoms with Crippen LogP contribution in [0.4, 0.5) is 18.9 Å². The van der Waals surface area contributed by atoms with Gasteiger partial charge in [-0.2, -0.15) is 0 Å². The summed E-state index contributed by atoms with van der Waals surface area (Å²) in [5.41, 5.74) is 5.93. The molecule has 0 bridgehead atoms. The SMILES string of the molecule is Cc1ccc(N)cc1OC(F)(F)F. The molecule has 0 aliphatic heterocycles. The zero-order chi connectivity index (χ0) is 10.1. The van der Waals surface area contributed by atoms with Crippen LogP contribution in [0.1, 0.15) is 5.56 Å². The Bertz CT molecular complexity index is 309. The summed E-state index contributed by atoms with van der Waals surface area (Å²) in [5.74, 6) is -0.257. The first-order chi connectivity index (χ1) is 5.88. The van der Waals surface area contributed by atoms with Crippen molar-refractivity contribution in [2.24, 2.45) is 0 Å². The largest absolute Gasteiger partial charge is 0.573 e. The number of aryl methyl sites for hydroxylation is 1. The van der Waals surface area contributed by atoms with Crippen LogP contribution in [0, 0.1) is 6.92 Å². The van der Waals surface area contributed by atoms with E-state index < -0.39 is 6.36 Å². The van der Waals surface area contributed by atoms with E-state index in [4.69, 9.17) is 5.73 Å². The van der Waals surface area contributed by atoms with Crippen LogP contribution >= 0.6 is 0 Å². The van der Waals surface area contributed by atoms with Crippen molar-refractivity contribution in [3.8, 4) is 5.75 Å². The van der Waals surface area contributed by atoms with Gasteiger partial charge in [0.1, 0.15) is 5.75 Å². The lowest BCUT2D eigenvalue weighted by atomic mass is 10.2. The van der Waals surface area contributed by atoms with E-state index in [9.17, 15) is 13.2 Å². The molecule has 0 unspecified atom stereocenters. The molecule has 1 aromatic rings. The van der Waals surface area contributed by atoms with E-state index in [2.05, 4.69) is 4.74 Å². The Balaban J connectivity index is 2.94. The summed E-state index contributed by atoms with van der Waals surface area (Å²) in [5, 5.41) is 0. The summed E-state index contributed by atoms with van der Waals surface area (Å²) in [7, 11) is 0. The second kappa shape index (κ2) is 3.16. The van der Waals surface area contributed by atoms with Crippen LogP contribution < -0.4 is 10.5 Å². The predicted molar refractivity (Wildman–Crippen MR) is 42.3 cm³/mol. The number of nitrogen functional groups attached to an aromatic ring is 1. The van der Waals surface area contributed by atoms with Gasteiger partial charge in [0, 0.05) is 11.8 Å². The van der Waals surface area contributed by atoms with Crippen LogP contribution in [0.15, 0.2) is 18.2 Å². The number of benzene rings is 1. The van der Waals surface area contributed by atoms with E-state index in [1.807, 2.05) is 0 Å². The average molecular weight is 191 g/mol. The standard InChI is InChI=1S/C8H8F3NO/c1-5-2-3-6(12)4-7(5)13-8(9,10)11/h2-4H,12H2,1H3. The van der Waals surface area contributed by atoms with E-state index in [0.29, 0.717) is 5.56 Å². The van der Waals surface area contributed by atoms with Gasteiger partial charge < -0.3 is 10.5 Å². The Morgan fingerprint density at radius 1 is 1.31 bits per heavy atom. The average Bonchev–Trinajstić information content (AvgIpc) is 1.94. The van der Waals surface area contributed by atoms with E-state index in [1.165, 1.54) is 19.1 Å². The number of nitrogens with two attached hydrogens (primary N) is 1. The highest BCUT2D eigenvalue weighted by Crippen LogP contribution is 2.27. The molecular weight excluding hydrogens is 183 g/mol. The van der Waals surface area contributed by atoms with Crippen LogP contribution in [-0.4, -0.2) is 6.36 Å². The number of hydrogen-bond donors (Lipinski definition) is 1. The molecule has 1 rings (SSSR count). The molecule has 13 heavy (non-hydrogen) atoms. The summed E-state index contributed by atoms with van der Waals surface area (Å²) in [6.45, 7) is 1.51. The van der Waals surface area contributed by atoms with Gasteiger partial charge in [0.2, 0.25) is 0 Å². The predicted octanol–water partition coefficient (Wildman–Crippen LogP) is 2.48. The molecule has 0 aromatic heterocycles. The number of anilines is 1. The van der Waals surface area contributed by atoms with Gasteiger partial charge in [0.25, 0.3) is 0 Å². The first-order valence-electron chi connectivity index (χ1n) is 3.50. The minimum atomic E-state index is -4.67. The van der Waals surface area contributed by atoms with E-state index in [0.717, 1.165) is 6.07 Å². The maximum Gasteiger partial charge on any atom is 0.573 e. The fraction of sp³-hybridized carbons (Fsp3) is 0.250. The summed E-state index contributed by atoms with van der Waals surface area (Å²) >= 11 is 0. The zero-order valence-electron chi connectivity index (χ0n) is 6.85. The lowest BCUT2D eigenvalue weighted by Crippen LogP contribution is -2.17. The fourth-order valence-corrected chi connectivity index (χ4v) is 0.851. The Labute approximate surface area is 73.1 Å². The monoisotopic (exact) mass is 191 g/mol. The van der Waals surface area contributed by atoms with Gasteiger partial charge >= 0.3 is 6.36 Å². The molecule has 0 atom stereocenters. The number of hydrogen-bond acceptors (Lipinski definition) is 2. The Morgan fingerprint density at radius 3 is 2.46 bits per heavy atom. The van der Waals surface area contributed by atoms with Crippen molar-refractivity contribution in [2.45, 2.75) is 13.3 Å². The van der Waals surface area contributed by atoms with E-state index >= 15 is 0 Å². The molecule has 0 fully saturated rings. The van der Waals surface area contributed by atoms with Crippen molar-refractivity contribution < 1.29 is 17.9 Å². The van der Waals surface area contributed by atoms with Gasteiger partial charge in [-0.1, -0.05) is 6.07 Å². The molecule has 0 amide bonds. The van der Waals surface area contributed by atoms with Gasteiger partial charge in [0.05, 0.1) is 0 Å². The third kappa shape index (κ3) is 2.85. The van der Waals surface area contributed by atoms with Crippen LogP contribution in [0.25, 0.3) is 0 Å². The Hall–Kier alpha value is -1.39. The Morgan fingerprint density at radius 2 is 1.92 bits per heavy atom.